The minimum absolute atomic E-state index is 0.309. The number of benzene rings is 2. The van der Waals surface area contributed by atoms with Gasteiger partial charge in [0.25, 0.3) is 0 Å². The van der Waals surface area contributed by atoms with Crippen LogP contribution in [0.2, 0.25) is 0 Å². The first-order valence-electron chi connectivity index (χ1n) is 26.2. The minimum atomic E-state index is -1.20. The summed E-state index contributed by atoms with van der Waals surface area (Å²) in [5.74, 6) is -1.36. The molecule has 64 heavy (non-hydrogen) atoms. The fourth-order valence-electron chi connectivity index (χ4n) is 7.82. The fraction of sp³-hybridized carbons (Fsp3) is 0.727. The van der Waals surface area contributed by atoms with Gasteiger partial charge in [-0.3, -0.25) is 9.78 Å². The summed E-state index contributed by atoms with van der Waals surface area (Å²) < 4.78 is 11.2. The Morgan fingerprint density at radius 3 is 0.906 bits per heavy atom. The second-order valence-electron chi connectivity index (χ2n) is 17.9. The van der Waals surface area contributed by atoms with Crippen molar-refractivity contribution in [3.05, 3.63) is 70.8 Å². The van der Waals surface area contributed by atoms with Crippen LogP contribution in [-0.2, 0) is 41.9 Å². The molecule has 2 unspecified atom stereocenters. The lowest BCUT2D eigenvalue weighted by molar-refractivity contribution is -0.348. The molecule has 0 radical (unpaired) electrons. The predicted octanol–water partition coefficient (Wildman–Crippen LogP) is 17.0. The molecule has 0 saturated heterocycles. The van der Waals surface area contributed by atoms with Crippen molar-refractivity contribution >= 4 is 18.1 Å². The summed E-state index contributed by atoms with van der Waals surface area (Å²) in [4.78, 5) is 60.7. The molecule has 0 bridgehead atoms. The van der Waals surface area contributed by atoms with Crippen molar-refractivity contribution in [3.63, 3.8) is 0 Å². The monoisotopic (exact) mass is 895 g/mol. The molecule has 0 aromatic heterocycles. The third-order valence-electron chi connectivity index (χ3n) is 12.0. The van der Waals surface area contributed by atoms with E-state index in [1.54, 1.807) is 24.3 Å². The van der Waals surface area contributed by atoms with Gasteiger partial charge in [0.15, 0.2) is 0 Å². The SMILES string of the molecule is CCCCCCCCCCCCCCCC(OOC(=O)c1ccc(CCCC)cc1)OC(=O)OC(CCCCCCCCCCCCCCC)OOC(=O)c1ccc(CCCC)cc1. The molecular weight excluding hydrogens is 805 g/mol. The highest BCUT2D eigenvalue weighted by Crippen LogP contribution is 2.20. The highest BCUT2D eigenvalue weighted by molar-refractivity contribution is 5.89. The van der Waals surface area contributed by atoms with E-state index in [-0.39, 0.29) is 0 Å². The molecule has 0 aliphatic rings. The molecule has 0 aliphatic heterocycles. The number of unbranched alkanes of at least 4 members (excludes halogenated alkanes) is 26. The second-order valence-corrected chi connectivity index (χ2v) is 17.9. The van der Waals surface area contributed by atoms with Gasteiger partial charge in [-0.25, -0.2) is 14.4 Å². The molecule has 0 fully saturated rings. The molecule has 0 amide bonds. The van der Waals surface area contributed by atoms with Crippen LogP contribution in [0.1, 0.15) is 265 Å². The molecule has 2 aromatic carbocycles. The summed E-state index contributed by atoms with van der Waals surface area (Å²) in [6.07, 6.45) is 34.5. The van der Waals surface area contributed by atoms with E-state index in [2.05, 4.69) is 27.7 Å². The van der Waals surface area contributed by atoms with E-state index in [1.165, 1.54) is 116 Å². The lowest BCUT2D eigenvalue weighted by Crippen LogP contribution is -2.28. The fourth-order valence-corrected chi connectivity index (χ4v) is 7.82. The molecule has 9 heteroatoms. The molecule has 0 saturated carbocycles. The Morgan fingerprint density at radius 1 is 0.359 bits per heavy atom. The summed E-state index contributed by atoms with van der Waals surface area (Å²) in [5, 5.41) is 0. The molecular formula is C55H90O9. The second kappa shape index (κ2) is 39.9. The van der Waals surface area contributed by atoms with Crippen molar-refractivity contribution in [2.75, 3.05) is 0 Å². The first kappa shape index (κ1) is 56.7. The number of rotatable bonds is 42. The molecule has 9 nitrogen and oxygen atoms in total. The van der Waals surface area contributed by atoms with Crippen LogP contribution >= 0.6 is 0 Å². The molecule has 2 rings (SSSR count). The van der Waals surface area contributed by atoms with Crippen LogP contribution in [-0.4, -0.2) is 30.7 Å². The topological polar surface area (TPSA) is 107 Å². The van der Waals surface area contributed by atoms with E-state index in [0.29, 0.717) is 36.8 Å². The summed E-state index contributed by atoms with van der Waals surface area (Å²) in [7, 11) is 0. The van der Waals surface area contributed by atoms with Gasteiger partial charge in [-0.1, -0.05) is 219 Å². The van der Waals surface area contributed by atoms with Crippen molar-refractivity contribution < 1.29 is 43.4 Å². The quantitative estimate of drug-likeness (QED) is 0.0212. The van der Waals surface area contributed by atoms with E-state index >= 15 is 0 Å². The largest absolute Gasteiger partial charge is 0.513 e. The molecule has 364 valence electrons. The van der Waals surface area contributed by atoms with Gasteiger partial charge in [0.1, 0.15) is 0 Å². The number of hydrogen-bond acceptors (Lipinski definition) is 9. The maximum Gasteiger partial charge on any atom is 0.513 e. The van der Waals surface area contributed by atoms with Crippen LogP contribution in [0.4, 0.5) is 4.79 Å². The Balaban J connectivity index is 1.96. The van der Waals surface area contributed by atoms with Crippen LogP contribution < -0.4 is 0 Å². The van der Waals surface area contributed by atoms with Crippen LogP contribution in [0.15, 0.2) is 48.5 Å². The first-order chi connectivity index (χ1) is 31.4. The number of carbonyl (C=O) groups excluding carboxylic acids is 3. The van der Waals surface area contributed by atoms with Gasteiger partial charge in [-0.15, -0.1) is 9.78 Å². The zero-order valence-electron chi connectivity index (χ0n) is 41.0. The van der Waals surface area contributed by atoms with E-state index in [9.17, 15) is 14.4 Å². The highest BCUT2D eigenvalue weighted by Gasteiger charge is 2.25. The van der Waals surface area contributed by atoms with Gasteiger partial charge >= 0.3 is 18.1 Å². The minimum Gasteiger partial charge on any atom is -0.400 e. The summed E-state index contributed by atoms with van der Waals surface area (Å²) in [5.41, 5.74) is 2.97. The summed E-state index contributed by atoms with van der Waals surface area (Å²) in [6.45, 7) is 8.80. The Labute approximate surface area is 389 Å². The smallest absolute Gasteiger partial charge is 0.400 e. The third kappa shape index (κ3) is 29.9. The summed E-state index contributed by atoms with van der Waals surface area (Å²) in [6, 6.07) is 14.5. The molecule has 0 heterocycles. The molecule has 2 atom stereocenters. The van der Waals surface area contributed by atoms with Gasteiger partial charge in [0, 0.05) is 12.8 Å². The zero-order valence-corrected chi connectivity index (χ0v) is 41.0. The van der Waals surface area contributed by atoms with E-state index in [0.717, 1.165) is 88.2 Å². The van der Waals surface area contributed by atoms with Gasteiger partial charge in [-0.2, -0.15) is 0 Å². The van der Waals surface area contributed by atoms with E-state index < -0.39 is 30.7 Å². The lowest BCUT2D eigenvalue weighted by atomic mass is 10.0. The van der Waals surface area contributed by atoms with Crippen molar-refractivity contribution in [2.24, 2.45) is 0 Å². The average molecular weight is 895 g/mol. The Kier molecular flexibility index (Phi) is 35.3. The van der Waals surface area contributed by atoms with E-state index in [4.69, 9.17) is 29.0 Å². The van der Waals surface area contributed by atoms with Crippen molar-refractivity contribution in [1.82, 2.24) is 0 Å². The number of hydrogen-bond donors (Lipinski definition) is 0. The number of ether oxygens (including phenoxy) is 2. The Morgan fingerprint density at radius 2 is 0.625 bits per heavy atom. The van der Waals surface area contributed by atoms with Crippen molar-refractivity contribution in [1.29, 1.82) is 0 Å². The predicted molar refractivity (Wildman–Crippen MR) is 259 cm³/mol. The molecule has 2 aromatic rings. The van der Waals surface area contributed by atoms with Gasteiger partial charge in [-0.05, 0) is 73.9 Å². The Bertz CT molecular complexity index is 1300. The van der Waals surface area contributed by atoms with Crippen molar-refractivity contribution in [2.45, 2.75) is 259 Å². The van der Waals surface area contributed by atoms with Gasteiger partial charge in [0.05, 0.1) is 11.1 Å². The molecule has 0 spiro atoms. The number of carbonyl (C=O) groups is 3. The highest BCUT2D eigenvalue weighted by atomic mass is 17.2. The third-order valence-corrected chi connectivity index (χ3v) is 12.0. The maximum atomic E-state index is 13.3. The van der Waals surface area contributed by atoms with Crippen LogP contribution in [0.3, 0.4) is 0 Å². The average Bonchev–Trinajstić information content (AvgIpc) is 3.31. The standard InChI is InChI=1S/C55H90O9/c1-5-9-13-15-17-19-21-23-25-27-29-31-33-37-51(61-63-53(56)49-43-39-47(40-44-49)35-11-7-3)59-55(58)60-52(38-34-32-30-28-26-24-22-20-18-16-14-10-6-2)62-64-54(57)50-45-41-48(42-46-50)36-12-8-4/h39-46,51-52H,5-38H2,1-4H3. The van der Waals surface area contributed by atoms with Crippen LogP contribution in [0, 0.1) is 0 Å². The first-order valence-corrected chi connectivity index (χ1v) is 26.2. The lowest BCUT2D eigenvalue weighted by Gasteiger charge is -2.20. The van der Waals surface area contributed by atoms with Crippen molar-refractivity contribution in [3.8, 4) is 0 Å². The van der Waals surface area contributed by atoms with Gasteiger partial charge in [0.2, 0.25) is 12.6 Å². The maximum absolute atomic E-state index is 13.3. The normalized spacial score (nSPS) is 12.2. The number of aryl methyl sites for hydroxylation is 2. The molecule has 0 aliphatic carbocycles. The van der Waals surface area contributed by atoms with E-state index in [1.807, 2.05) is 24.3 Å². The van der Waals surface area contributed by atoms with Crippen LogP contribution in [0.5, 0.6) is 0 Å². The van der Waals surface area contributed by atoms with Gasteiger partial charge < -0.3 is 9.47 Å². The zero-order chi connectivity index (χ0) is 46.1. The van der Waals surface area contributed by atoms with Crippen LogP contribution in [0.25, 0.3) is 0 Å². The Hall–Kier alpha value is -3.43. The molecule has 0 N–H and O–H groups in total. The summed E-state index contributed by atoms with van der Waals surface area (Å²) >= 11 is 0.